The number of carboxylic acid groups (broad SMARTS) is 1. The minimum Gasteiger partial charge on any atom is -0.504 e. The summed E-state index contributed by atoms with van der Waals surface area (Å²) in [5.41, 5.74) is 2.18. The minimum absolute atomic E-state index is 0.0304. The predicted octanol–water partition coefficient (Wildman–Crippen LogP) is 4.52. The average molecular weight is 280 g/mol. The van der Waals surface area contributed by atoms with Crippen LogP contribution in [0, 0.1) is 0 Å². The average Bonchev–Trinajstić information content (AvgIpc) is 2.40. The van der Waals surface area contributed by atoms with Crippen LogP contribution in [-0.2, 0) is 12.8 Å². The maximum Gasteiger partial charge on any atom is 0.511 e. The van der Waals surface area contributed by atoms with E-state index in [1.54, 1.807) is 12.1 Å². The largest absolute Gasteiger partial charge is 0.511 e. The number of benzene rings is 1. The first-order chi connectivity index (χ1) is 9.58. The Bertz CT molecular complexity index is 440. The zero-order chi connectivity index (χ0) is 15.0. The summed E-state index contributed by atoms with van der Waals surface area (Å²) in [4.78, 5) is 10.6. The number of rotatable bonds is 8. The summed E-state index contributed by atoms with van der Waals surface area (Å²) in [6, 6.07) is 3.32. The maximum absolute atomic E-state index is 10.6. The van der Waals surface area contributed by atoms with Crippen molar-refractivity contribution in [1.29, 1.82) is 0 Å². The Kier molecular flexibility index (Phi) is 6.91. The second kappa shape index (κ2) is 8.46. The summed E-state index contributed by atoms with van der Waals surface area (Å²) in [5, 5.41) is 18.5. The normalized spacial score (nSPS) is 10.5. The summed E-state index contributed by atoms with van der Waals surface area (Å²) in [6.45, 7) is 4.27. The Morgan fingerprint density at radius 1 is 1.05 bits per heavy atom. The van der Waals surface area contributed by atoms with Crippen LogP contribution >= 0.6 is 0 Å². The van der Waals surface area contributed by atoms with Crippen molar-refractivity contribution in [2.45, 2.75) is 58.8 Å². The Labute approximate surface area is 120 Å². The van der Waals surface area contributed by atoms with Gasteiger partial charge >= 0.3 is 6.16 Å². The Morgan fingerprint density at radius 2 is 1.65 bits per heavy atom. The van der Waals surface area contributed by atoms with Gasteiger partial charge in [-0.05, 0) is 48.9 Å². The number of phenols is 1. The predicted molar refractivity (Wildman–Crippen MR) is 78.6 cm³/mol. The second-order valence-corrected chi connectivity index (χ2v) is 5.02. The molecule has 0 aromatic heterocycles. The number of phenolic OH excluding ortho intramolecular Hbond substituents is 1. The van der Waals surface area contributed by atoms with Crippen LogP contribution in [0.1, 0.15) is 57.1 Å². The lowest BCUT2D eigenvalue weighted by Crippen LogP contribution is -2.05. The van der Waals surface area contributed by atoms with E-state index in [9.17, 15) is 9.90 Å². The molecule has 0 radical (unpaired) electrons. The second-order valence-electron chi connectivity index (χ2n) is 5.02. The molecule has 0 aliphatic heterocycles. The van der Waals surface area contributed by atoms with Gasteiger partial charge in [-0.2, -0.15) is 0 Å². The minimum atomic E-state index is -1.40. The van der Waals surface area contributed by atoms with E-state index in [-0.39, 0.29) is 11.5 Å². The lowest BCUT2D eigenvalue weighted by atomic mass is 9.97. The molecule has 0 fully saturated rings. The molecular formula is C16H24O4. The summed E-state index contributed by atoms with van der Waals surface area (Å²) >= 11 is 0. The Balaban J connectivity index is 2.94. The van der Waals surface area contributed by atoms with Gasteiger partial charge in [0.1, 0.15) is 0 Å². The first-order valence-electron chi connectivity index (χ1n) is 7.34. The van der Waals surface area contributed by atoms with Gasteiger partial charge in [-0.15, -0.1) is 0 Å². The number of hydrogen-bond donors (Lipinski definition) is 2. The fraction of sp³-hybridized carbons (Fsp3) is 0.562. The van der Waals surface area contributed by atoms with E-state index in [0.717, 1.165) is 56.1 Å². The fourth-order valence-electron chi connectivity index (χ4n) is 2.23. The van der Waals surface area contributed by atoms with Crippen LogP contribution in [0.3, 0.4) is 0 Å². The van der Waals surface area contributed by atoms with Crippen LogP contribution in [0.5, 0.6) is 11.5 Å². The highest BCUT2D eigenvalue weighted by Gasteiger charge is 2.12. The van der Waals surface area contributed by atoms with Gasteiger partial charge < -0.3 is 14.9 Å². The molecule has 0 amide bonds. The van der Waals surface area contributed by atoms with E-state index >= 15 is 0 Å². The molecule has 0 aliphatic carbocycles. The number of aryl methyl sites for hydroxylation is 2. The third kappa shape index (κ3) is 5.11. The van der Waals surface area contributed by atoms with E-state index < -0.39 is 6.16 Å². The summed E-state index contributed by atoms with van der Waals surface area (Å²) in [6.07, 6.45) is 5.89. The molecule has 0 aliphatic rings. The Hall–Kier alpha value is -1.71. The van der Waals surface area contributed by atoms with Gasteiger partial charge in [0, 0.05) is 0 Å². The summed E-state index contributed by atoms with van der Waals surface area (Å²) in [5.74, 6) is -0.0676. The summed E-state index contributed by atoms with van der Waals surface area (Å²) in [7, 11) is 0. The number of hydrogen-bond acceptors (Lipinski definition) is 3. The van der Waals surface area contributed by atoms with E-state index in [1.807, 2.05) is 0 Å². The monoisotopic (exact) mass is 280 g/mol. The van der Waals surface area contributed by atoms with Crippen LogP contribution in [0.25, 0.3) is 0 Å². The smallest absolute Gasteiger partial charge is 0.504 e. The number of carbonyl (C=O) groups is 1. The first kappa shape index (κ1) is 16.3. The molecule has 0 atom stereocenters. The number of aromatic hydroxyl groups is 1. The molecular weight excluding hydrogens is 256 g/mol. The molecule has 4 heteroatoms. The van der Waals surface area contributed by atoms with Crippen molar-refractivity contribution in [3.8, 4) is 11.5 Å². The van der Waals surface area contributed by atoms with Crippen LogP contribution in [0.4, 0.5) is 4.79 Å². The molecule has 0 heterocycles. The van der Waals surface area contributed by atoms with Gasteiger partial charge in [0.05, 0.1) is 0 Å². The first-order valence-corrected chi connectivity index (χ1v) is 7.34. The van der Waals surface area contributed by atoms with Crippen LogP contribution in [-0.4, -0.2) is 16.4 Å². The highest BCUT2D eigenvalue weighted by atomic mass is 16.7. The molecule has 1 aromatic rings. The lowest BCUT2D eigenvalue weighted by molar-refractivity contribution is 0.143. The third-order valence-corrected chi connectivity index (χ3v) is 3.33. The van der Waals surface area contributed by atoms with E-state index in [1.165, 1.54) is 0 Å². The molecule has 0 bridgehead atoms. The van der Waals surface area contributed by atoms with E-state index in [0.29, 0.717) is 0 Å². The molecule has 0 saturated carbocycles. The van der Waals surface area contributed by atoms with Crippen LogP contribution < -0.4 is 4.74 Å². The van der Waals surface area contributed by atoms with Crippen molar-refractivity contribution in [2.24, 2.45) is 0 Å². The lowest BCUT2D eigenvalue weighted by Gasteiger charge is -2.13. The fourth-order valence-corrected chi connectivity index (χ4v) is 2.23. The molecule has 2 N–H and O–H groups in total. The number of unbranched alkanes of at least 4 members (excludes halogenated alkanes) is 3. The van der Waals surface area contributed by atoms with Crippen LogP contribution in [0.2, 0.25) is 0 Å². The molecule has 20 heavy (non-hydrogen) atoms. The molecule has 0 spiro atoms. The van der Waals surface area contributed by atoms with Crippen molar-refractivity contribution in [3.63, 3.8) is 0 Å². The van der Waals surface area contributed by atoms with E-state index in [2.05, 4.69) is 18.6 Å². The van der Waals surface area contributed by atoms with Crippen molar-refractivity contribution >= 4 is 6.16 Å². The van der Waals surface area contributed by atoms with Gasteiger partial charge in [0.15, 0.2) is 11.5 Å². The third-order valence-electron chi connectivity index (χ3n) is 3.33. The van der Waals surface area contributed by atoms with Crippen LogP contribution in [0.15, 0.2) is 12.1 Å². The summed E-state index contributed by atoms with van der Waals surface area (Å²) < 4.78 is 4.61. The van der Waals surface area contributed by atoms with Crippen molar-refractivity contribution in [3.05, 3.63) is 23.3 Å². The molecule has 112 valence electrons. The molecule has 1 rings (SSSR count). The zero-order valence-corrected chi connectivity index (χ0v) is 12.3. The van der Waals surface area contributed by atoms with Gasteiger partial charge in [-0.25, -0.2) is 4.79 Å². The molecule has 1 aromatic carbocycles. The van der Waals surface area contributed by atoms with Gasteiger partial charge in [-0.1, -0.05) is 33.1 Å². The molecule has 4 nitrogen and oxygen atoms in total. The van der Waals surface area contributed by atoms with Gasteiger partial charge in [-0.3, -0.25) is 0 Å². The van der Waals surface area contributed by atoms with Crippen molar-refractivity contribution < 1.29 is 19.7 Å². The highest BCUT2D eigenvalue weighted by Crippen LogP contribution is 2.31. The van der Waals surface area contributed by atoms with Gasteiger partial charge in [0.2, 0.25) is 0 Å². The Morgan fingerprint density at radius 3 is 2.25 bits per heavy atom. The SMILES string of the molecule is CCCCCc1cc(O)c(OC(=O)O)cc1CCCC. The molecule has 0 unspecified atom stereocenters. The quantitative estimate of drug-likeness (QED) is 0.417. The standard InChI is InChI=1S/C16H24O4/c1-3-5-7-9-12-10-14(17)15(20-16(18)19)11-13(12)8-6-4-2/h10-11,17H,3-9H2,1-2H3,(H,18,19). The maximum atomic E-state index is 10.6. The highest BCUT2D eigenvalue weighted by molar-refractivity contribution is 5.63. The zero-order valence-electron chi connectivity index (χ0n) is 12.3. The van der Waals surface area contributed by atoms with E-state index in [4.69, 9.17) is 5.11 Å². The molecule has 0 saturated heterocycles. The van der Waals surface area contributed by atoms with Gasteiger partial charge in [0.25, 0.3) is 0 Å². The van der Waals surface area contributed by atoms with Crippen molar-refractivity contribution in [1.82, 2.24) is 0 Å². The number of ether oxygens (including phenoxy) is 1. The topological polar surface area (TPSA) is 66.8 Å². The van der Waals surface area contributed by atoms with Crippen molar-refractivity contribution in [2.75, 3.05) is 0 Å².